The molecule has 0 saturated carbocycles. The van der Waals surface area contributed by atoms with Gasteiger partial charge in [-0.1, -0.05) is 56.7 Å². The second-order valence-corrected chi connectivity index (χ2v) is 17.3. The summed E-state index contributed by atoms with van der Waals surface area (Å²) >= 11 is 6.42. The first-order chi connectivity index (χ1) is 29.9. The Morgan fingerprint density at radius 3 is 2.21 bits per heavy atom. The van der Waals surface area contributed by atoms with Crippen LogP contribution < -0.4 is 36.6 Å². The Labute approximate surface area is 372 Å². The number of alkyl halides is 1. The van der Waals surface area contributed by atoms with Crippen molar-refractivity contribution in [2.45, 2.75) is 103 Å². The van der Waals surface area contributed by atoms with E-state index in [1.165, 1.54) is 12.2 Å². The van der Waals surface area contributed by atoms with E-state index in [1.54, 1.807) is 43.0 Å². The van der Waals surface area contributed by atoms with Gasteiger partial charge in [0.2, 0.25) is 17.7 Å². The number of unbranched alkanes of at least 4 members (excludes halogenated alkanes) is 2. The van der Waals surface area contributed by atoms with Crippen molar-refractivity contribution in [3.05, 3.63) is 77.9 Å². The second-order valence-electron chi connectivity index (χ2n) is 17.0. The fourth-order valence-corrected chi connectivity index (χ4v) is 7.69. The van der Waals surface area contributed by atoms with Crippen molar-refractivity contribution >= 4 is 75.4 Å². The van der Waals surface area contributed by atoms with E-state index in [0.29, 0.717) is 55.2 Å². The number of fused-ring (bicyclic) bond motifs is 3. The zero-order valence-corrected chi connectivity index (χ0v) is 37.2. The minimum atomic E-state index is -1.02. The van der Waals surface area contributed by atoms with E-state index in [4.69, 9.17) is 26.8 Å². The number of hydrogen-bond acceptors (Lipinski definition) is 9. The molecule has 2 heterocycles. The van der Waals surface area contributed by atoms with Crippen LogP contribution in [0, 0.1) is 5.92 Å². The van der Waals surface area contributed by atoms with E-state index >= 15 is 0 Å². The van der Waals surface area contributed by atoms with Crippen LogP contribution in [-0.2, 0) is 35.3 Å². The number of rotatable bonds is 20. The van der Waals surface area contributed by atoms with Gasteiger partial charge in [-0.15, -0.1) is 11.6 Å². The molecule has 63 heavy (non-hydrogen) atoms. The number of amides is 8. The number of nitrogens with one attached hydrogen (secondary N) is 4. The largest absolute Gasteiger partial charge is 0.488 e. The third kappa shape index (κ3) is 13.2. The highest BCUT2D eigenvalue weighted by molar-refractivity contribution is 6.19. The van der Waals surface area contributed by atoms with Gasteiger partial charge < -0.3 is 36.5 Å². The molecule has 8 amide bonds. The third-order valence-corrected chi connectivity index (χ3v) is 11.0. The average molecular weight is 888 g/mol. The molecule has 0 saturated heterocycles. The number of imide groups is 1. The molecule has 3 atom stereocenters. The van der Waals surface area contributed by atoms with Gasteiger partial charge in [0, 0.05) is 67.1 Å². The average Bonchev–Trinajstić information content (AvgIpc) is 3.77. The number of primary amides is 1. The molecule has 0 aromatic heterocycles. The fourth-order valence-electron chi connectivity index (χ4n) is 7.44. The van der Waals surface area contributed by atoms with E-state index < -0.39 is 41.6 Å². The first kappa shape index (κ1) is 47.9. The van der Waals surface area contributed by atoms with Gasteiger partial charge in [-0.3, -0.25) is 33.8 Å². The maximum absolute atomic E-state index is 13.7. The number of nitrogens with two attached hydrogens (primary N) is 1. The van der Waals surface area contributed by atoms with Gasteiger partial charge in [-0.05, 0) is 81.0 Å². The minimum absolute atomic E-state index is 0.0895. The number of urea groups is 1. The van der Waals surface area contributed by atoms with Crippen LogP contribution in [0.4, 0.5) is 21.0 Å². The third-order valence-electron chi connectivity index (χ3n) is 10.6. The van der Waals surface area contributed by atoms with Crippen molar-refractivity contribution in [2.24, 2.45) is 11.7 Å². The second kappa shape index (κ2) is 21.8. The molecule has 0 spiro atoms. The van der Waals surface area contributed by atoms with E-state index in [2.05, 4.69) is 21.3 Å². The number of nitrogens with zero attached hydrogens (tertiary/aromatic N) is 2. The summed E-state index contributed by atoms with van der Waals surface area (Å²) in [6.07, 6.45) is 4.23. The number of carbonyl (C=O) groups excluding carboxylic acids is 7. The lowest BCUT2D eigenvalue weighted by molar-refractivity contribution is -0.137. The summed E-state index contributed by atoms with van der Waals surface area (Å²) in [5.74, 6) is -1.59. The molecule has 16 nitrogen and oxygen atoms in total. The Kier molecular flexibility index (Phi) is 16.5. The number of hydrogen-bond donors (Lipinski definition) is 5. The monoisotopic (exact) mass is 887 g/mol. The molecule has 0 bridgehead atoms. The summed E-state index contributed by atoms with van der Waals surface area (Å²) < 4.78 is 12.1. The van der Waals surface area contributed by atoms with Crippen LogP contribution in [0.2, 0.25) is 0 Å². The number of ether oxygens (including phenoxy) is 2. The van der Waals surface area contributed by atoms with Gasteiger partial charge in [0.05, 0.1) is 5.69 Å². The number of carbonyl (C=O) groups is 7. The lowest BCUT2D eigenvalue weighted by Gasteiger charge is -2.25. The van der Waals surface area contributed by atoms with Crippen LogP contribution >= 0.6 is 11.6 Å². The lowest BCUT2D eigenvalue weighted by atomic mass is 9.95. The maximum atomic E-state index is 13.7. The molecule has 0 aliphatic carbocycles. The van der Waals surface area contributed by atoms with Gasteiger partial charge in [0.15, 0.2) is 0 Å². The quantitative estimate of drug-likeness (QED) is 0.0510. The summed E-state index contributed by atoms with van der Waals surface area (Å²) in [4.78, 5) is 91.1. The van der Waals surface area contributed by atoms with Crippen molar-refractivity contribution in [3.63, 3.8) is 0 Å². The Morgan fingerprint density at radius 1 is 0.889 bits per heavy atom. The van der Waals surface area contributed by atoms with E-state index in [1.807, 2.05) is 51.1 Å². The van der Waals surface area contributed by atoms with Crippen molar-refractivity contribution in [1.29, 1.82) is 0 Å². The summed E-state index contributed by atoms with van der Waals surface area (Å²) in [7, 11) is 0. The Hall–Kier alpha value is -6.16. The van der Waals surface area contributed by atoms with Gasteiger partial charge in [0.25, 0.3) is 11.8 Å². The number of halogens is 1. The lowest BCUT2D eigenvalue weighted by Crippen LogP contribution is -2.54. The summed E-state index contributed by atoms with van der Waals surface area (Å²) in [6, 6.07) is 14.1. The van der Waals surface area contributed by atoms with Crippen LogP contribution in [0.25, 0.3) is 10.8 Å². The molecule has 338 valence electrons. The van der Waals surface area contributed by atoms with E-state index in [0.717, 1.165) is 26.8 Å². The Morgan fingerprint density at radius 2 is 1.57 bits per heavy atom. The SMILES string of the molecule is CC(C)[C@H](NC(=O)CCCCCN1C(=O)C=CC1=O)C(=O)N[C@@H](CCCNC(N)=O)C(=O)Nc1ccc(COc2cc3c(c4ccccc24)C(CCl)CN3C(=O)OC(C)(C)C)cc1. The minimum Gasteiger partial charge on any atom is -0.488 e. The van der Waals surface area contributed by atoms with E-state index in [-0.39, 0.29) is 62.1 Å². The van der Waals surface area contributed by atoms with Gasteiger partial charge in [-0.2, -0.15) is 0 Å². The molecular weight excluding hydrogens is 830 g/mol. The molecular formula is C46H58ClN7O9. The number of anilines is 2. The van der Waals surface area contributed by atoms with Gasteiger partial charge >= 0.3 is 12.1 Å². The first-order valence-corrected chi connectivity index (χ1v) is 21.8. The van der Waals surface area contributed by atoms with Crippen LogP contribution in [-0.4, -0.2) is 89.8 Å². The highest BCUT2D eigenvalue weighted by Gasteiger charge is 2.37. The van der Waals surface area contributed by atoms with Crippen molar-refractivity contribution in [3.8, 4) is 5.75 Å². The van der Waals surface area contributed by atoms with Gasteiger partial charge in [-0.25, -0.2) is 9.59 Å². The standard InChI is InChI=1S/C46H58ClN7O9/c1-28(2)41(52-37(55)15-7-6-10-23-53-38(56)20-21-39(53)57)43(59)51-34(14-11-22-49-44(48)60)42(58)50-31-18-16-29(17-19-31)27-62-36-24-35-40(33-13-9-8-12-32(33)36)30(25-47)26-54(35)45(61)63-46(3,4)5/h8-9,12-13,16-21,24,28,30,34,41H,6-7,10-11,14-15,22-23,25-27H2,1-5H3,(H,50,58)(H,51,59)(H,52,55)(H3,48,49,60)/t30?,34-,41-/m0/s1. The van der Waals surface area contributed by atoms with E-state index in [9.17, 15) is 33.6 Å². The maximum Gasteiger partial charge on any atom is 0.414 e. The molecule has 0 radical (unpaired) electrons. The smallest absolute Gasteiger partial charge is 0.414 e. The molecule has 2 aliphatic heterocycles. The highest BCUT2D eigenvalue weighted by Crippen LogP contribution is 2.46. The van der Waals surface area contributed by atoms with Crippen molar-refractivity contribution < 1.29 is 43.0 Å². The van der Waals surface area contributed by atoms with Crippen LogP contribution in [0.3, 0.4) is 0 Å². The summed E-state index contributed by atoms with van der Waals surface area (Å²) in [5, 5.41) is 12.7. The molecule has 0 fully saturated rings. The molecule has 17 heteroatoms. The van der Waals surface area contributed by atoms with Crippen LogP contribution in [0.1, 0.15) is 90.2 Å². The fraction of sp³-hybridized carbons (Fsp3) is 0.457. The molecule has 5 rings (SSSR count). The topological polar surface area (TPSA) is 219 Å². The van der Waals surface area contributed by atoms with Crippen LogP contribution in [0.15, 0.2) is 66.7 Å². The molecule has 2 aliphatic rings. The predicted octanol–water partition coefficient (Wildman–Crippen LogP) is 5.99. The molecule has 6 N–H and O–H groups in total. The van der Waals surface area contributed by atoms with Crippen molar-refractivity contribution in [1.82, 2.24) is 20.9 Å². The van der Waals surface area contributed by atoms with Gasteiger partial charge in [0.1, 0.15) is 30.0 Å². The summed E-state index contributed by atoms with van der Waals surface area (Å²) in [6.45, 7) is 10.0. The zero-order valence-electron chi connectivity index (χ0n) is 36.5. The predicted molar refractivity (Wildman–Crippen MR) is 240 cm³/mol. The number of benzene rings is 3. The van der Waals surface area contributed by atoms with Crippen molar-refractivity contribution in [2.75, 3.05) is 35.7 Å². The molecule has 3 aromatic rings. The first-order valence-electron chi connectivity index (χ1n) is 21.3. The normalized spacial score (nSPS) is 15.6. The molecule has 3 aromatic carbocycles. The Bertz CT molecular complexity index is 2190. The zero-order chi connectivity index (χ0) is 45.8. The van der Waals surface area contributed by atoms with Crippen LogP contribution in [0.5, 0.6) is 5.75 Å². The molecule has 1 unspecified atom stereocenters. The highest BCUT2D eigenvalue weighted by atomic mass is 35.5. The summed E-state index contributed by atoms with van der Waals surface area (Å²) in [5.41, 5.74) is 7.45. The Balaban J connectivity index is 1.21.